The molecule has 0 spiro atoms. The summed E-state index contributed by atoms with van der Waals surface area (Å²) in [6.45, 7) is 0.316. The maximum Gasteiger partial charge on any atom is 0.416 e. The summed E-state index contributed by atoms with van der Waals surface area (Å²) >= 11 is 0. The number of nitrogens with zero attached hydrogens (tertiary/aromatic N) is 3. The highest BCUT2D eigenvalue weighted by atomic mass is 19.4. The van der Waals surface area contributed by atoms with Gasteiger partial charge in [0.25, 0.3) is 5.91 Å². The number of imidazole rings is 1. The molecule has 0 atom stereocenters. The van der Waals surface area contributed by atoms with Crippen LogP contribution in [0.1, 0.15) is 21.6 Å². The second kappa shape index (κ2) is 7.38. The van der Waals surface area contributed by atoms with Crippen molar-refractivity contribution < 1.29 is 18.0 Å². The highest BCUT2D eigenvalue weighted by Gasteiger charge is 2.30. The van der Waals surface area contributed by atoms with E-state index in [-0.39, 0.29) is 11.6 Å². The Labute approximate surface area is 163 Å². The predicted molar refractivity (Wildman–Crippen MR) is 101 cm³/mol. The summed E-state index contributed by atoms with van der Waals surface area (Å²) in [5.74, 6) is -0.349. The van der Waals surface area contributed by atoms with E-state index < -0.39 is 11.7 Å². The van der Waals surface area contributed by atoms with Crippen LogP contribution in [0.3, 0.4) is 0 Å². The van der Waals surface area contributed by atoms with Crippen LogP contribution in [0, 0.1) is 0 Å². The second-order valence-electron chi connectivity index (χ2n) is 6.43. The molecular weight excluding hydrogens is 381 g/mol. The third-order valence-electron chi connectivity index (χ3n) is 4.38. The largest absolute Gasteiger partial charge is 0.416 e. The molecule has 0 aliphatic heterocycles. The number of alkyl halides is 3. The maximum absolute atomic E-state index is 13.0. The van der Waals surface area contributed by atoms with Gasteiger partial charge in [-0.15, -0.1) is 0 Å². The van der Waals surface area contributed by atoms with Gasteiger partial charge < -0.3 is 9.72 Å². The molecule has 1 amide bonds. The number of nitrogens with one attached hydrogen (secondary N) is 1. The number of carbonyl (C=O) groups is 1. The molecule has 0 bridgehead atoms. The Balaban J connectivity index is 1.57. The van der Waals surface area contributed by atoms with Crippen molar-refractivity contribution in [3.8, 4) is 11.1 Å². The SMILES string of the molecule is O=C(NCc1cccnc1)c1cn2cc(-c3cccc(C(F)(F)F)c3)ccc2n1. The highest BCUT2D eigenvalue weighted by Crippen LogP contribution is 2.32. The van der Waals surface area contributed by atoms with Gasteiger partial charge in [0, 0.05) is 31.3 Å². The Morgan fingerprint density at radius 1 is 1.03 bits per heavy atom. The van der Waals surface area contributed by atoms with E-state index in [9.17, 15) is 18.0 Å². The highest BCUT2D eigenvalue weighted by molar-refractivity contribution is 5.92. The lowest BCUT2D eigenvalue weighted by Crippen LogP contribution is -2.23. The first-order valence-corrected chi connectivity index (χ1v) is 8.74. The number of aromatic nitrogens is 3. The van der Waals surface area contributed by atoms with E-state index in [1.54, 1.807) is 53.5 Å². The number of fused-ring (bicyclic) bond motifs is 1. The van der Waals surface area contributed by atoms with Crippen molar-refractivity contribution in [3.63, 3.8) is 0 Å². The van der Waals surface area contributed by atoms with Crippen molar-refractivity contribution in [1.82, 2.24) is 19.7 Å². The Morgan fingerprint density at radius 2 is 1.90 bits per heavy atom. The summed E-state index contributed by atoms with van der Waals surface area (Å²) in [7, 11) is 0. The first-order chi connectivity index (χ1) is 13.9. The summed E-state index contributed by atoms with van der Waals surface area (Å²) in [4.78, 5) is 20.6. The van der Waals surface area contributed by atoms with Gasteiger partial charge in [-0.2, -0.15) is 13.2 Å². The number of pyridine rings is 2. The fraction of sp³-hybridized carbons (Fsp3) is 0.0952. The smallest absolute Gasteiger partial charge is 0.347 e. The van der Waals surface area contributed by atoms with E-state index >= 15 is 0 Å². The molecule has 4 aromatic rings. The topological polar surface area (TPSA) is 59.3 Å². The quantitative estimate of drug-likeness (QED) is 0.558. The second-order valence-corrected chi connectivity index (χ2v) is 6.43. The van der Waals surface area contributed by atoms with E-state index in [0.29, 0.717) is 23.3 Å². The molecule has 3 aromatic heterocycles. The molecule has 0 unspecified atom stereocenters. The molecule has 29 heavy (non-hydrogen) atoms. The Hall–Kier alpha value is -3.68. The number of amides is 1. The normalized spacial score (nSPS) is 11.6. The molecule has 1 N–H and O–H groups in total. The third-order valence-corrected chi connectivity index (χ3v) is 4.38. The van der Waals surface area contributed by atoms with E-state index in [2.05, 4.69) is 15.3 Å². The number of carbonyl (C=O) groups excluding carboxylic acids is 1. The number of hydrogen-bond acceptors (Lipinski definition) is 3. The van der Waals surface area contributed by atoms with Gasteiger partial charge in [0.05, 0.1) is 5.56 Å². The van der Waals surface area contributed by atoms with Gasteiger partial charge in [0.2, 0.25) is 0 Å². The van der Waals surface area contributed by atoms with Gasteiger partial charge >= 0.3 is 6.18 Å². The molecule has 1 aromatic carbocycles. The van der Waals surface area contributed by atoms with Crippen molar-refractivity contribution in [1.29, 1.82) is 0 Å². The van der Waals surface area contributed by atoms with Crippen LogP contribution in [0.25, 0.3) is 16.8 Å². The molecule has 0 saturated carbocycles. The van der Waals surface area contributed by atoms with Crippen LogP contribution >= 0.6 is 0 Å². The Kier molecular flexibility index (Phi) is 4.75. The molecule has 0 saturated heterocycles. The molecule has 146 valence electrons. The van der Waals surface area contributed by atoms with Crippen molar-refractivity contribution in [2.45, 2.75) is 12.7 Å². The average molecular weight is 396 g/mol. The van der Waals surface area contributed by atoms with Crippen LogP contribution in [0.2, 0.25) is 0 Å². The summed E-state index contributed by atoms with van der Waals surface area (Å²) in [6.07, 6.45) is 2.09. The molecule has 4 rings (SSSR count). The predicted octanol–water partition coefficient (Wildman–Crippen LogP) is 4.35. The van der Waals surface area contributed by atoms with Crippen molar-refractivity contribution >= 4 is 11.6 Å². The van der Waals surface area contributed by atoms with Crippen LogP contribution in [-0.4, -0.2) is 20.3 Å². The lowest BCUT2D eigenvalue weighted by molar-refractivity contribution is -0.137. The van der Waals surface area contributed by atoms with Crippen LogP contribution in [-0.2, 0) is 12.7 Å². The lowest BCUT2D eigenvalue weighted by atomic mass is 10.0. The number of rotatable bonds is 4. The van der Waals surface area contributed by atoms with Crippen molar-refractivity contribution in [2.75, 3.05) is 0 Å². The summed E-state index contributed by atoms with van der Waals surface area (Å²) in [6, 6.07) is 12.1. The van der Waals surface area contributed by atoms with Gasteiger partial charge in [-0.3, -0.25) is 9.78 Å². The number of hydrogen-bond donors (Lipinski definition) is 1. The molecule has 8 heteroatoms. The average Bonchev–Trinajstić information content (AvgIpc) is 3.16. The fourth-order valence-electron chi connectivity index (χ4n) is 2.92. The minimum absolute atomic E-state index is 0.218. The summed E-state index contributed by atoms with van der Waals surface area (Å²) in [5.41, 5.74) is 1.90. The minimum atomic E-state index is -4.41. The lowest BCUT2D eigenvalue weighted by Gasteiger charge is -2.09. The Morgan fingerprint density at radius 3 is 2.66 bits per heavy atom. The standard InChI is InChI=1S/C21H15F3N4O/c22-21(23,24)17-5-1-4-15(9-17)16-6-7-19-27-18(13-28(19)12-16)20(29)26-11-14-3-2-8-25-10-14/h1-10,12-13H,11H2,(H,26,29). The number of benzene rings is 1. The molecule has 0 fully saturated rings. The first-order valence-electron chi connectivity index (χ1n) is 8.74. The zero-order valence-corrected chi connectivity index (χ0v) is 15.0. The zero-order chi connectivity index (χ0) is 20.4. The van der Waals surface area contributed by atoms with Gasteiger partial charge in [-0.05, 0) is 47.0 Å². The van der Waals surface area contributed by atoms with Crippen LogP contribution in [0.15, 0.2) is 73.3 Å². The monoisotopic (exact) mass is 396 g/mol. The van der Waals surface area contributed by atoms with E-state index in [0.717, 1.165) is 17.7 Å². The molecule has 0 aliphatic rings. The Bertz CT molecular complexity index is 1170. The van der Waals surface area contributed by atoms with Gasteiger partial charge in [0.1, 0.15) is 11.3 Å². The minimum Gasteiger partial charge on any atom is -0.347 e. The zero-order valence-electron chi connectivity index (χ0n) is 15.0. The molecule has 0 aliphatic carbocycles. The van der Waals surface area contributed by atoms with Crippen molar-refractivity contribution in [3.05, 3.63) is 90.1 Å². The fourth-order valence-corrected chi connectivity index (χ4v) is 2.92. The van der Waals surface area contributed by atoms with E-state index in [4.69, 9.17) is 0 Å². The molecule has 3 heterocycles. The van der Waals surface area contributed by atoms with Crippen LogP contribution < -0.4 is 5.32 Å². The molecular formula is C21H15F3N4O. The molecule has 0 radical (unpaired) electrons. The first kappa shape index (κ1) is 18.7. The summed E-state index contributed by atoms with van der Waals surface area (Å²) in [5, 5.41) is 2.77. The number of halogens is 3. The van der Waals surface area contributed by atoms with Gasteiger partial charge in [0.15, 0.2) is 0 Å². The third kappa shape index (κ3) is 4.11. The van der Waals surface area contributed by atoms with E-state index in [1.165, 1.54) is 6.07 Å². The maximum atomic E-state index is 13.0. The van der Waals surface area contributed by atoms with Crippen LogP contribution in [0.5, 0.6) is 0 Å². The van der Waals surface area contributed by atoms with Crippen LogP contribution in [0.4, 0.5) is 13.2 Å². The van der Waals surface area contributed by atoms with Crippen molar-refractivity contribution in [2.24, 2.45) is 0 Å². The van der Waals surface area contributed by atoms with Gasteiger partial charge in [-0.25, -0.2) is 4.98 Å². The van der Waals surface area contributed by atoms with Gasteiger partial charge in [-0.1, -0.05) is 18.2 Å². The molecule has 5 nitrogen and oxygen atoms in total. The summed E-state index contributed by atoms with van der Waals surface area (Å²) < 4.78 is 40.5. The van der Waals surface area contributed by atoms with E-state index in [1.807, 2.05) is 6.07 Å².